The first-order chi connectivity index (χ1) is 21.2. The summed E-state index contributed by atoms with van der Waals surface area (Å²) in [5.41, 5.74) is 9.74. The van der Waals surface area contributed by atoms with Crippen molar-refractivity contribution in [3.8, 4) is 11.5 Å². The van der Waals surface area contributed by atoms with Gasteiger partial charge in [0, 0.05) is 36.5 Å². The van der Waals surface area contributed by atoms with Gasteiger partial charge in [0.15, 0.2) is 11.6 Å². The second kappa shape index (κ2) is 14.5. The molecule has 1 amide bonds. The molecule has 230 valence electrons. The van der Waals surface area contributed by atoms with Gasteiger partial charge in [-0.3, -0.25) is 4.79 Å². The van der Waals surface area contributed by atoms with Gasteiger partial charge < -0.3 is 24.6 Å². The summed E-state index contributed by atoms with van der Waals surface area (Å²) in [6.07, 6.45) is -3.64. The van der Waals surface area contributed by atoms with Crippen LogP contribution in [0.4, 0.5) is 13.2 Å². The molecule has 10 nitrogen and oxygen atoms in total. The van der Waals surface area contributed by atoms with Crippen molar-refractivity contribution in [3.05, 3.63) is 118 Å². The second-order valence-corrected chi connectivity index (χ2v) is 9.74. The van der Waals surface area contributed by atoms with E-state index in [1.165, 1.54) is 12.1 Å². The van der Waals surface area contributed by atoms with Gasteiger partial charge in [-0.15, -0.1) is 19.8 Å². The summed E-state index contributed by atoms with van der Waals surface area (Å²) in [4.78, 5) is 21.7. The molecule has 0 aliphatic carbocycles. The van der Waals surface area contributed by atoms with Crippen LogP contribution >= 0.6 is 0 Å². The number of azide groups is 1. The first-order valence-corrected chi connectivity index (χ1v) is 13.6. The summed E-state index contributed by atoms with van der Waals surface area (Å²) in [7, 11) is 0. The Bertz CT molecular complexity index is 1520. The van der Waals surface area contributed by atoms with Crippen molar-refractivity contribution >= 4 is 11.8 Å². The van der Waals surface area contributed by atoms with Gasteiger partial charge in [-0.2, -0.15) is 0 Å². The van der Waals surface area contributed by atoms with Crippen LogP contribution in [0.3, 0.4) is 0 Å². The van der Waals surface area contributed by atoms with Crippen LogP contribution in [0.15, 0.2) is 95.6 Å². The fourth-order valence-electron chi connectivity index (χ4n) is 4.70. The van der Waals surface area contributed by atoms with Crippen LogP contribution in [-0.2, 0) is 22.6 Å². The summed E-state index contributed by atoms with van der Waals surface area (Å²) in [5, 5.41) is 15.5. The van der Waals surface area contributed by atoms with E-state index in [4.69, 9.17) is 25.1 Å². The molecule has 0 bridgehead atoms. The highest BCUT2D eigenvalue weighted by atomic mass is 19.4. The maximum absolute atomic E-state index is 14.0. The fourth-order valence-corrected chi connectivity index (χ4v) is 4.70. The summed E-state index contributed by atoms with van der Waals surface area (Å²) < 4.78 is 53.6. The number of carbonyl (C=O) groups is 1. The highest BCUT2D eigenvalue weighted by Gasteiger charge is 2.52. The minimum absolute atomic E-state index is 0.0104. The fraction of sp³-hybridized carbons (Fsp3) is 0.290. The predicted octanol–water partition coefficient (Wildman–Crippen LogP) is 6.31. The van der Waals surface area contributed by atoms with Crippen molar-refractivity contribution in [3.63, 3.8) is 0 Å². The van der Waals surface area contributed by atoms with Crippen molar-refractivity contribution in [2.75, 3.05) is 13.2 Å². The van der Waals surface area contributed by atoms with E-state index < -0.39 is 23.9 Å². The molecule has 0 unspecified atom stereocenters. The standard InChI is InChI=1S/C31H30F3N5O5/c1-2-16-30(29(41)36-19-21-8-12-25(13-9-21)44-31(32,33)34)27(26-7-4-3-6-23(26)20-37-39-35)43-28(38-30)22-10-14-24(15-11-22)42-18-5-17-40/h2-4,6-15,27,40H,1,5,16-20H2,(H,36,41)/t27-,30-/m1/s1. The van der Waals surface area contributed by atoms with E-state index in [2.05, 4.69) is 26.7 Å². The van der Waals surface area contributed by atoms with Crippen LogP contribution in [0.1, 0.15) is 41.2 Å². The van der Waals surface area contributed by atoms with Gasteiger partial charge in [0.1, 0.15) is 11.5 Å². The number of ether oxygens (including phenoxy) is 3. The molecule has 3 aromatic carbocycles. The number of hydrogen-bond acceptors (Lipinski definition) is 7. The van der Waals surface area contributed by atoms with Gasteiger partial charge in [0.05, 0.1) is 13.2 Å². The van der Waals surface area contributed by atoms with E-state index in [1.54, 1.807) is 54.6 Å². The smallest absolute Gasteiger partial charge is 0.494 e. The van der Waals surface area contributed by atoms with Crippen molar-refractivity contribution in [2.45, 2.75) is 43.9 Å². The monoisotopic (exact) mass is 609 g/mol. The Morgan fingerprint density at radius 2 is 1.84 bits per heavy atom. The van der Waals surface area contributed by atoms with Gasteiger partial charge in [-0.1, -0.05) is 47.6 Å². The van der Waals surface area contributed by atoms with Gasteiger partial charge in [0.25, 0.3) is 5.91 Å². The topological polar surface area (TPSA) is 138 Å². The van der Waals surface area contributed by atoms with Crippen LogP contribution < -0.4 is 14.8 Å². The lowest BCUT2D eigenvalue weighted by atomic mass is 9.82. The zero-order chi connectivity index (χ0) is 31.6. The molecule has 1 aliphatic rings. The van der Waals surface area contributed by atoms with E-state index in [0.29, 0.717) is 41.0 Å². The highest BCUT2D eigenvalue weighted by Crippen LogP contribution is 2.44. The number of aliphatic hydroxyl groups is 1. The third kappa shape index (κ3) is 7.88. The van der Waals surface area contributed by atoms with Crippen molar-refractivity contribution in [2.24, 2.45) is 10.1 Å². The first-order valence-electron chi connectivity index (χ1n) is 13.6. The molecule has 0 fully saturated rings. The Hall–Kier alpha value is -5.00. The Balaban J connectivity index is 1.67. The molecule has 2 N–H and O–H groups in total. The molecule has 1 aliphatic heterocycles. The van der Waals surface area contributed by atoms with Gasteiger partial charge >= 0.3 is 6.36 Å². The Kier molecular flexibility index (Phi) is 10.5. The van der Waals surface area contributed by atoms with Crippen LogP contribution in [0, 0.1) is 0 Å². The third-order valence-electron chi connectivity index (χ3n) is 6.74. The summed E-state index contributed by atoms with van der Waals surface area (Å²) in [6, 6.07) is 19.2. The van der Waals surface area contributed by atoms with E-state index >= 15 is 0 Å². The van der Waals surface area contributed by atoms with Crippen molar-refractivity contribution < 1.29 is 37.3 Å². The Morgan fingerprint density at radius 1 is 1.14 bits per heavy atom. The zero-order valence-electron chi connectivity index (χ0n) is 23.5. The van der Waals surface area contributed by atoms with Crippen LogP contribution in [0.2, 0.25) is 0 Å². The molecule has 0 radical (unpaired) electrons. The molecule has 0 spiro atoms. The average molecular weight is 610 g/mol. The van der Waals surface area contributed by atoms with Crippen LogP contribution in [0.25, 0.3) is 10.4 Å². The minimum Gasteiger partial charge on any atom is -0.494 e. The number of halogens is 3. The van der Waals surface area contributed by atoms with E-state index in [9.17, 15) is 18.0 Å². The SMILES string of the molecule is C=CC[C@@]1(C(=O)NCc2ccc(OC(F)(F)F)cc2)N=C(c2ccc(OCCCO)cc2)O[C@@H]1c1ccccc1CN=[N+]=[N-]. The lowest BCUT2D eigenvalue weighted by molar-refractivity contribution is -0.274. The average Bonchev–Trinajstić information content (AvgIpc) is 3.40. The quantitative estimate of drug-likeness (QED) is 0.0726. The molecule has 13 heteroatoms. The molecule has 0 saturated carbocycles. The maximum Gasteiger partial charge on any atom is 0.573 e. The zero-order valence-corrected chi connectivity index (χ0v) is 23.5. The first kappa shape index (κ1) is 31.9. The van der Waals surface area contributed by atoms with Crippen LogP contribution in [0.5, 0.6) is 11.5 Å². The highest BCUT2D eigenvalue weighted by molar-refractivity contribution is 6.01. The van der Waals surface area contributed by atoms with Gasteiger partial charge in [0.2, 0.25) is 5.90 Å². The molecule has 1 heterocycles. The van der Waals surface area contributed by atoms with Crippen LogP contribution in [-0.4, -0.2) is 42.0 Å². The van der Waals surface area contributed by atoms with Crippen molar-refractivity contribution in [1.82, 2.24) is 5.32 Å². The largest absolute Gasteiger partial charge is 0.573 e. The second-order valence-electron chi connectivity index (χ2n) is 9.74. The maximum atomic E-state index is 14.0. The van der Waals surface area contributed by atoms with Gasteiger partial charge in [-0.25, -0.2) is 4.99 Å². The van der Waals surface area contributed by atoms with E-state index in [-0.39, 0.29) is 37.8 Å². The number of hydrogen-bond donors (Lipinski definition) is 2. The number of aliphatic imine (C=N–C) groups is 1. The molecule has 0 aromatic heterocycles. The Labute approximate surface area is 251 Å². The predicted molar refractivity (Wildman–Crippen MR) is 156 cm³/mol. The third-order valence-corrected chi connectivity index (χ3v) is 6.74. The molecule has 2 atom stereocenters. The lowest BCUT2D eigenvalue weighted by Gasteiger charge is -2.30. The lowest BCUT2D eigenvalue weighted by Crippen LogP contribution is -2.48. The van der Waals surface area contributed by atoms with E-state index in [0.717, 1.165) is 12.1 Å². The molecule has 3 aromatic rings. The number of alkyl halides is 3. The number of rotatable bonds is 14. The Morgan fingerprint density at radius 3 is 2.50 bits per heavy atom. The summed E-state index contributed by atoms with van der Waals surface area (Å²) in [5.74, 6) is -0.105. The number of amides is 1. The summed E-state index contributed by atoms with van der Waals surface area (Å²) >= 11 is 0. The number of benzene rings is 3. The molecular formula is C31H30F3N5O5. The molecular weight excluding hydrogens is 579 g/mol. The number of nitrogens with one attached hydrogen (secondary N) is 1. The molecule has 44 heavy (non-hydrogen) atoms. The minimum atomic E-state index is -4.82. The van der Waals surface area contributed by atoms with E-state index in [1.807, 2.05) is 0 Å². The normalized spacial score (nSPS) is 17.5. The number of carbonyl (C=O) groups excluding carboxylic acids is 1. The van der Waals surface area contributed by atoms with Crippen molar-refractivity contribution in [1.29, 1.82) is 0 Å². The number of aliphatic hydroxyl groups excluding tert-OH is 1. The molecule has 0 saturated heterocycles. The van der Waals surface area contributed by atoms with Gasteiger partial charge in [-0.05, 0) is 58.6 Å². The number of nitrogens with zero attached hydrogens (tertiary/aromatic N) is 4. The summed E-state index contributed by atoms with van der Waals surface area (Å²) in [6.45, 7) is 4.20. The molecule has 4 rings (SSSR count).